The predicted molar refractivity (Wildman–Crippen MR) is 143 cm³/mol. The lowest BCUT2D eigenvalue weighted by molar-refractivity contribution is 0.0142. The van der Waals surface area contributed by atoms with Crippen molar-refractivity contribution >= 4 is 11.6 Å². The number of aromatic amines is 1. The maximum atomic E-state index is 14.0. The molecule has 1 amide bonds. The summed E-state index contributed by atoms with van der Waals surface area (Å²) < 4.78 is 107. The summed E-state index contributed by atoms with van der Waals surface area (Å²) in [7, 11) is 0. The highest BCUT2D eigenvalue weighted by Crippen LogP contribution is 2.35. The average Bonchev–Trinajstić information content (AvgIpc) is 3.43. The lowest BCUT2D eigenvalue weighted by Gasteiger charge is -2.45. The van der Waals surface area contributed by atoms with Crippen LogP contribution in [0, 0.1) is 12.8 Å². The molecule has 8 nitrogen and oxygen atoms in total. The molecule has 1 aliphatic carbocycles. The van der Waals surface area contributed by atoms with E-state index in [0.29, 0.717) is 5.69 Å². The van der Waals surface area contributed by atoms with Crippen LogP contribution >= 0.6 is 0 Å². The van der Waals surface area contributed by atoms with E-state index in [1.807, 2.05) is 0 Å². The van der Waals surface area contributed by atoms with Gasteiger partial charge in [0, 0.05) is 57.6 Å². The molecule has 4 heterocycles. The van der Waals surface area contributed by atoms with Crippen LogP contribution in [-0.2, 0) is 0 Å². The van der Waals surface area contributed by atoms with E-state index in [4.69, 9.17) is 15.1 Å². The molecule has 2 fully saturated rings. The number of alkyl halides is 1. The quantitative estimate of drug-likeness (QED) is 0.398. The predicted octanol–water partition coefficient (Wildman–Crippen LogP) is 4.93. The third kappa shape index (κ3) is 4.10. The molecule has 1 N–H and O–H groups in total. The molecule has 3 aromatic heterocycles. The fourth-order valence-electron chi connectivity index (χ4n) is 4.69. The zero-order chi connectivity index (χ0) is 36.3. The van der Waals surface area contributed by atoms with Gasteiger partial charge in [0.1, 0.15) is 11.3 Å². The number of halogens is 1. The van der Waals surface area contributed by atoms with Crippen LogP contribution < -0.4 is 5.56 Å². The molecule has 1 aliphatic heterocycles. The standard InChI is InChI=1S/C29H31FN6O2/c1-17-26(32-13-12-31-17)27-25(29(38)35-16-22(15-30)18(35)2)28-33-23(14-24(37)36(28)34-27)21-10-8-20(9-11-21)19-6-4-3-5-7-19/h8-14,18-19,22,34H,3-7,15-16H2,1-2H3/i3D2,4D2,5D2,6D2,7D2,19D. The second kappa shape index (κ2) is 9.78. The highest BCUT2D eigenvalue weighted by molar-refractivity contribution is 6.06. The molecular weight excluding hydrogens is 483 g/mol. The summed E-state index contributed by atoms with van der Waals surface area (Å²) in [5, 5.41) is 2.90. The molecule has 0 spiro atoms. The van der Waals surface area contributed by atoms with Crippen molar-refractivity contribution in [2.24, 2.45) is 5.92 Å². The topological polar surface area (TPSA) is 96.2 Å². The molecule has 0 bridgehead atoms. The van der Waals surface area contributed by atoms with Gasteiger partial charge < -0.3 is 4.90 Å². The Bertz CT molecular complexity index is 2020. The summed E-state index contributed by atoms with van der Waals surface area (Å²) in [5.41, 5.74) is -0.160. The van der Waals surface area contributed by atoms with Gasteiger partial charge in [0.05, 0.1) is 23.8 Å². The Hall–Kier alpha value is -3.88. The van der Waals surface area contributed by atoms with Gasteiger partial charge in [-0.15, -0.1) is 0 Å². The van der Waals surface area contributed by atoms with E-state index in [1.54, 1.807) is 13.8 Å². The smallest absolute Gasteiger partial charge is 0.273 e. The first-order valence-electron chi connectivity index (χ1n) is 17.5. The molecule has 2 aliphatic rings. The third-order valence-electron chi connectivity index (χ3n) is 6.98. The number of amides is 1. The highest BCUT2D eigenvalue weighted by atomic mass is 19.1. The maximum Gasteiger partial charge on any atom is 0.273 e. The number of nitrogens with zero attached hydrogens (tertiary/aromatic N) is 5. The van der Waals surface area contributed by atoms with Crippen LogP contribution in [0.4, 0.5) is 4.39 Å². The van der Waals surface area contributed by atoms with E-state index in [1.165, 1.54) is 29.4 Å². The van der Waals surface area contributed by atoms with Gasteiger partial charge in [-0.05, 0) is 38.1 Å². The molecular formula is C29H31FN6O2. The van der Waals surface area contributed by atoms with Crippen molar-refractivity contribution < 1.29 is 24.3 Å². The number of hydrogen-bond acceptors (Lipinski definition) is 5. The lowest BCUT2D eigenvalue weighted by Crippen LogP contribution is -2.58. The van der Waals surface area contributed by atoms with E-state index < -0.39 is 67.5 Å². The first kappa shape index (κ1) is 14.9. The molecule has 2 atom stereocenters. The fraction of sp³-hybridized carbons (Fsp3) is 0.414. The second-order valence-electron chi connectivity index (χ2n) is 9.18. The van der Waals surface area contributed by atoms with Gasteiger partial charge in [0.15, 0.2) is 5.65 Å². The molecule has 1 saturated carbocycles. The molecule has 1 saturated heterocycles. The van der Waals surface area contributed by atoms with Gasteiger partial charge in [-0.3, -0.25) is 29.0 Å². The van der Waals surface area contributed by atoms with Crippen molar-refractivity contribution in [2.45, 2.75) is 57.6 Å². The van der Waals surface area contributed by atoms with Crippen molar-refractivity contribution in [1.29, 1.82) is 0 Å². The molecule has 38 heavy (non-hydrogen) atoms. The number of rotatable bonds is 5. The Morgan fingerprint density at radius 2 is 1.92 bits per heavy atom. The number of carbonyl (C=O) groups excluding carboxylic acids is 1. The van der Waals surface area contributed by atoms with Crippen LogP contribution in [0.5, 0.6) is 0 Å². The largest absolute Gasteiger partial charge is 0.335 e. The summed E-state index contributed by atoms with van der Waals surface area (Å²) in [6, 6.07) is 5.37. The molecule has 1 aromatic carbocycles. The Labute approximate surface area is 235 Å². The lowest BCUT2D eigenvalue weighted by atomic mass is 9.84. The highest BCUT2D eigenvalue weighted by Gasteiger charge is 2.41. The minimum Gasteiger partial charge on any atom is -0.335 e. The summed E-state index contributed by atoms with van der Waals surface area (Å²) in [6.07, 6.45) is -15.2. The van der Waals surface area contributed by atoms with Crippen LogP contribution in [-0.4, -0.2) is 54.6 Å². The van der Waals surface area contributed by atoms with Gasteiger partial charge in [-0.2, -0.15) is 0 Å². The minimum absolute atomic E-state index is 0.0148. The van der Waals surface area contributed by atoms with Crippen molar-refractivity contribution in [3.8, 4) is 22.6 Å². The van der Waals surface area contributed by atoms with Gasteiger partial charge in [-0.25, -0.2) is 9.50 Å². The van der Waals surface area contributed by atoms with Crippen LogP contribution in [0.3, 0.4) is 0 Å². The molecule has 4 aromatic rings. The average molecular weight is 526 g/mol. The number of benzene rings is 1. The number of aromatic nitrogens is 5. The van der Waals surface area contributed by atoms with E-state index in [-0.39, 0.29) is 46.3 Å². The van der Waals surface area contributed by atoms with Crippen LogP contribution in [0.1, 0.15) is 81.4 Å². The SMILES string of the molecule is [2H]C1([2H])C([2H])([2H])C([2H])([2H])C([2H])(c2ccc(-c3cc(=O)n4[nH]c(-c5nccnc5C)c(C(=O)N5CC(CF)C5C)c4n3)cc2)C([2H])([2H])C1([2H])[2H]. The van der Waals surface area contributed by atoms with Crippen molar-refractivity contribution in [3.63, 3.8) is 0 Å². The summed E-state index contributed by atoms with van der Waals surface area (Å²) in [5.74, 6) is -4.17. The second-order valence-corrected chi connectivity index (χ2v) is 9.18. The first-order chi connectivity index (χ1) is 22.6. The van der Waals surface area contributed by atoms with Gasteiger partial charge >= 0.3 is 0 Å². The molecule has 2 unspecified atom stereocenters. The number of H-pyrrole nitrogens is 1. The van der Waals surface area contributed by atoms with E-state index in [0.717, 1.165) is 22.7 Å². The minimum atomic E-state index is -3.66. The first-order valence-corrected chi connectivity index (χ1v) is 12.0. The molecule has 196 valence electrons. The molecule has 9 heteroatoms. The maximum absolute atomic E-state index is 14.0. The van der Waals surface area contributed by atoms with Gasteiger partial charge in [0.25, 0.3) is 11.5 Å². The van der Waals surface area contributed by atoms with Crippen molar-refractivity contribution in [1.82, 2.24) is 29.5 Å². The van der Waals surface area contributed by atoms with Crippen LogP contribution in [0.15, 0.2) is 47.5 Å². The van der Waals surface area contributed by atoms with Crippen molar-refractivity contribution in [2.75, 3.05) is 13.2 Å². The fourth-order valence-corrected chi connectivity index (χ4v) is 4.69. The Balaban J connectivity index is 1.50. The zero-order valence-corrected chi connectivity index (χ0v) is 20.5. The number of aryl methyl sites for hydroxylation is 1. The summed E-state index contributed by atoms with van der Waals surface area (Å²) in [6.45, 7) is 2.91. The van der Waals surface area contributed by atoms with E-state index >= 15 is 0 Å². The number of likely N-dealkylation sites (tertiary alicyclic amines) is 1. The zero-order valence-electron chi connectivity index (χ0n) is 31.5. The Morgan fingerprint density at radius 1 is 1.18 bits per heavy atom. The number of fused-ring (bicyclic) bond motifs is 1. The number of carbonyl (C=O) groups is 1. The number of hydrogen-bond donors (Lipinski definition) is 1. The van der Waals surface area contributed by atoms with Crippen LogP contribution in [0.2, 0.25) is 0 Å². The Kier molecular flexibility index (Phi) is 3.83. The van der Waals surface area contributed by atoms with Crippen LogP contribution in [0.25, 0.3) is 28.3 Å². The summed E-state index contributed by atoms with van der Waals surface area (Å²) >= 11 is 0. The van der Waals surface area contributed by atoms with Crippen molar-refractivity contribution in [3.05, 3.63) is 69.9 Å². The molecule has 0 radical (unpaired) electrons. The Morgan fingerprint density at radius 3 is 2.61 bits per heavy atom. The van der Waals surface area contributed by atoms with Gasteiger partial charge in [-0.1, -0.05) is 43.4 Å². The normalized spacial score (nSPS) is 31.8. The van der Waals surface area contributed by atoms with E-state index in [2.05, 4.69) is 20.1 Å². The van der Waals surface area contributed by atoms with E-state index in [9.17, 15) is 14.0 Å². The third-order valence-corrected chi connectivity index (χ3v) is 6.98. The number of nitrogens with one attached hydrogen (secondary N) is 1. The summed E-state index contributed by atoms with van der Waals surface area (Å²) in [4.78, 5) is 42.0. The van der Waals surface area contributed by atoms with Gasteiger partial charge in [0.2, 0.25) is 0 Å². The monoisotopic (exact) mass is 525 g/mol. The molecule has 6 rings (SSSR count).